The summed E-state index contributed by atoms with van der Waals surface area (Å²) >= 11 is 1.74. The molecule has 2 nitrogen and oxygen atoms in total. The van der Waals surface area contributed by atoms with Crippen molar-refractivity contribution in [2.75, 3.05) is 12.3 Å². The van der Waals surface area contributed by atoms with Crippen molar-refractivity contribution in [3.8, 4) is 0 Å². The summed E-state index contributed by atoms with van der Waals surface area (Å²) in [6.07, 6.45) is 3.69. The predicted molar refractivity (Wildman–Crippen MR) is 80.1 cm³/mol. The van der Waals surface area contributed by atoms with Crippen LogP contribution >= 0.6 is 11.8 Å². The maximum absolute atomic E-state index is 10.3. The number of rotatable bonds is 8. The van der Waals surface area contributed by atoms with Crippen molar-refractivity contribution >= 4 is 11.8 Å². The minimum absolute atomic E-state index is 0.530. The summed E-state index contributed by atoms with van der Waals surface area (Å²) < 4.78 is 0. The number of aryl methyl sites for hydroxylation is 1. The van der Waals surface area contributed by atoms with Crippen LogP contribution in [0.25, 0.3) is 0 Å². The third kappa shape index (κ3) is 5.01. The van der Waals surface area contributed by atoms with Gasteiger partial charge < -0.3 is 10.8 Å². The molecule has 3 heteroatoms. The Morgan fingerprint density at radius 2 is 2.00 bits per heavy atom. The van der Waals surface area contributed by atoms with Gasteiger partial charge in [0, 0.05) is 10.6 Å². The van der Waals surface area contributed by atoms with Crippen LogP contribution in [-0.2, 0) is 6.42 Å². The highest BCUT2D eigenvalue weighted by Gasteiger charge is 2.22. The Hall–Kier alpha value is -0.510. The summed E-state index contributed by atoms with van der Waals surface area (Å²) in [6.45, 7) is 4.83. The zero-order valence-corrected chi connectivity index (χ0v) is 12.3. The highest BCUT2D eigenvalue weighted by Crippen LogP contribution is 2.27. The van der Waals surface area contributed by atoms with Crippen LogP contribution in [0.3, 0.4) is 0 Å². The first kappa shape index (κ1) is 15.5. The summed E-state index contributed by atoms with van der Waals surface area (Å²) in [6, 6.07) is 8.56. The first-order valence-corrected chi connectivity index (χ1v) is 7.76. The van der Waals surface area contributed by atoms with Gasteiger partial charge in [-0.1, -0.05) is 26.0 Å². The maximum Gasteiger partial charge on any atom is 0.0736 e. The van der Waals surface area contributed by atoms with E-state index < -0.39 is 5.60 Å². The van der Waals surface area contributed by atoms with E-state index in [0.717, 1.165) is 38.0 Å². The average Bonchev–Trinajstić information content (AvgIpc) is 2.43. The topological polar surface area (TPSA) is 46.2 Å². The predicted octanol–water partition coefficient (Wildman–Crippen LogP) is 3.22. The monoisotopic (exact) mass is 267 g/mol. The van der Waals surface area contributed by atoms with E-state index in [1.165, 1.54) is 10.5 Å². The molecule has 0 heterocycles. The molecule has 0 unspecified atom stereocenters. The molecule has 0 aromatic heterocycles. The summed E-state index contributed by atoms with van der Waals surface area (Å²) in [5, 5.41) is 10.3. The number of benzene rings is 1. The fourth-order valence-electron chi connectivity index (χ4n) is 1.77. The minimum atomic E-state index is -0.530. The average molecular weight is 267 g/mol. The normalized spacial score (nSPS) is 11.8. The Morgan fingerprint density at radius 1 is 1.28 bits per heavy atom. The smallest absolute Gasteiger partial charge is 0.0736 e. The molecule has 0 aliphatic carbocycles. The van der Waals surface area contributed by atoms with Crippen molar-refractivity contribution in [3.63, 3.8) is 0 Å². The van der Waals surface area contributed by atoms with E-state index in [-0.39, 0.29) is 0 Å². The lowest BCUT2D eigenvalue weighted by Gasteiger charge is -2.24. The van der Waals surface area contributed by atoms with Gasteiger partial charge in [-0.25, -0.2) is 0 Å². The number of aliphatic hydroxyl groups is 1. The Labute approximate surface area is 115 Å². The molecule has 1 aromatic rings. The highest BCUT2D eigenvalue weighted by molar-refractivity contribution is 7.99. The third-order valence-electron chi connectivity index (χ3n) is 3.39. The van der Waals surface area contributed by atoms with Crippen LogP contribution in [-0.4, -0.2) is 23.0 Å². The first-order valence-electron chi connectivity index (χ1n) is 6.77. The molecule has 1 aromatic carbocycles. The van der Waals surface area contributed by atoms with E-state index in [2.05, 4.69) is 24.3 Å². The largest absolute Gasteiger partial charge is 0.389 e. The molecule has 0 bridgehead atoms. The van der Waals surface area contributed by atoms with Crippen molar-refractivity contribution in [2.45, 2.75) is 50.0 Å². The van der Waals surface area contributed by atoms with Crippen LogP contribution in [0.1, 0.15) is 38.7 Å². The number of nitrogens with two attached hydrogens (primary N) is 1. The second-order valence-corrected chi connectivity index (χ2v) is 5.81. The molecule has 102 valence electrons. The molecule has 0 fully saturated rings. The van der Waals surface area contributed by atoms with E-state index in [0.29, 0.717) is 0 Å². The zero-order valence-electron chi connectivity index (χ0n) is 11.5. The standard InChI is InChI=1S/C15H25NOS/c1-3-15(17,4-2)12-18-14-9-5-7-13(11-14)8-6-10-16/h5,7,9,11,17H,3-4,6,8,10,12,16H2,1-2H3. The zero-order chi connectivity index (χ0) is 13.4. The maximum atomic E-state index is 10.3. The van der Waals surface area contributed by atoms with Gasteiger partial charge in [-0.15, -0.1) is 11.8 Å². The van der Waals surface area contributed by atoms with Crippen LogP contribution in [0.15, 0.2) is 29.2 Å². The Kier molecular flexibility index (Phi) is 6.76. The molecule has 0 aliphatic heterocycles. The summed E-state index contributed by atoms with van der Waals surface area (Å²) in [4.78, 5) is 1.24. The van der Waals surface area contributed by atoms with E-state index in [1.807, 2.05) is 13.8 Å². The molecule has 0 atom stereocenters. The van der Waals surface area contributed by atoms with Crippen LogP contribution in [0, 0.1) is 0 Å². The summed E-state index contributed by atoms with van der Waals surface area (Å²) in [5.41, 5.74) is 6.33. The van der Waals surface area contributed by atoms with Gasteiger partial charge in [0.1, 0.15) is 0 Å². The lowest BCUT2D eigenvalue weighted by molar-refractivity contribution is 0.0572. The van der Waals surface area contributed by atoms with E-state index in [4.69, 9.17) is 5.73 Å². The first-order chi connectivity index (χ1) is 8.63. The van der Waals surface area contributed by atoms with Gasteiger partial charge in [-0.2, -0.15) is 0 Å². The molecule has 3 N–H and O–H groups in total. The Balaban J connectivity index is 2.56. The molecule has 0 spiro atoms. The highest BCUT2D eigenvalue weighted by atomic mass is 32.2. The molecule has 1 rings (SSSR count). The van der Waals surface area contributed by atoms with Gasteiger partial charge in [0.25, 0.3) is 0 Å². The summed E-state index contributed by atoms with van der Waals surface area (Å²) in [5.74, 6) is 0.764. The molecule has 18 heavy (non-hydrogen) atoms. The quantitative estimate of drug-likeness (QED) is 0.711. The molecule has 0 saturated heterocycles. The van der Waals surface area contributed by atoms with Crippen LogP contribution < -0.4 is 5.73 Å². The molecular weight excluding hydrogens is 242 g/mol. The van der Waals surface area contributed by atoms with Crippen LogP contribution in [0.4, 0.5) is 0 Å². The van der Waals surface area contributed by atoms with Crippen LogP contribution in [0.2, 0.25) is 0 Å². The number of hydrogen-bond acceptors (Lipinski definition) is 3. The number of thioether (sulfide) groups is 1. The van der Waals surface area contributed by atoms with E-state index in [1.54, 1.807) is 11.8 Å². The van der Waals surface area contributed by atoms with Crippen LogP contribution in [0.5, 0.6) is 0 Å². The van der Waals surface area contributed by atoms with Crippen molar-refractivity contribution in [1.82, 2.24) is 0 Å². The number of hydrogen-bond donors (Lipinski definition) is 2. The lowest BCUT2D eigenvalue weighted by Crippen LogP contribution is -2.29. The minimum Gasteiger partial charge on any atom is -0.389 e. The molecule has 0 amide bonds. The van der Waals surface area contributed by atoms with Crippen molar-refractivity contribution in [2.24, 2.45) is 5.73 Å². The van der Waals surface area contributed by atoms with Crippen molar-refractivity contribution < 1.29 is 5.11 Å². The SMILES string of the molecule is CCC(O)(CC)CSc1cccc(CCCN)c1. The lowest BCUT2D eigenvalue weighted by atomic mass is 10.0. The Morgan fingerprint density at radius 3 is 2.61 bits per heavy atom. The second-order valence-electron chi connectivity index (χ2n) is 4.76. The van der Waals surface area contributed by atoms with E-state index in [9.17, 15) is 5.11 Å². The van der Waals surface area contributed by atoms with Gasteiger partial charge in [0.15, 0.2) is 0 Å². The van der Waals surface area contributed by atoms with Gasteiger partial charge >= 0.3 is 0 Å². The van der Waals surface area contributed by atoms with E-state index >= 15 is 0 Å². The second kappa shape index (κ2) is 7.82. The van der Waals surface area contributed by atoms with Gasteiger partial charge in [-0.05, 0) is 49.9 Å². The molecular formula is C15H25NOS. The van der Waals surface area contributed by atoms with Gasteiger partial charge in [-0.3, -0.25) is 0 Å². The van der Waals surface area contributed by atoms with Gasteiger partial charge in [0.2, 0.25) is 0 Å². The van der Waals surface area contributed by atoms with Crippen molar-refractivity contribution in [1.29, 1.82) is 0 Å². The Bertz CT molecular complexity index is 350. The fraction of sp³-hybridized carbons (Fsp3) is 0.600. The molecule has 0 radical (unpaired) electrons. The van der Waals surface area contributed by atoms with Crippen molar-refractivity contribution in [3.05, 3.63) is 29.8 Å². The molecule has 0 saturated carbocycles. The van der Waals surface area contributed by atoms with Gasteiger partial charge in [0.05, 0.1) is 5.60 Å². The summed E-state index contributed by atoms with van der Waals surface area (Å²) in [7, 11) is 0. The third-order valence-corrected chi connectivity index (χ3v) is 4.66. The fourth-order valence-corrected chi connectivity index (χ4v) is 3.02. The molecule has 0 aliphatic rings.